The van der Waals surface area contributed by atoms with Crippen molar-refractivity contribution in [2.75, 3.05) is 0 Å². The molecule has 3 aliphatic rings. The SMILES string of the molecule is O=C1N=C(c2cccc(O)c2)N=C2SC3=C(CCC3)C12. The number of benzene rings is 1. The van der Waals surface area contributed by atoms with Crippen LogP contribution in [0.4, 0.5) is 0 Å². The minimum atomic E-state index is -0.224. The number of phenolic OH excluding ortho intramolecular Hbond substituents is 1. The lowest BCUT2D eigenvalue weighted by atomic mass is 9.98. The van der Waals surface area contributed by atoms with Gasteiger partial charge in [0.15, 0.2) is 5.84 Å². The Labute approximate surface area is 120 Å². The van der Waals surface area contributed by atoms with E-state index in [1.165, 1.54) is 10.5 Å². The molecule has 1 unspecified atom stereocenters. The van der Waals surface area contributed by atoms with Gasteiger partial charge in [-0.3, -0.25) is 4.79 Å². The first-order chi connectivity index (χ1) is 9.72. The van der Waals surface area contributed by atoms with Gasteiger partial charge in [0.1, 0.15) is 11.7 Å². The summed E-state index contributed by atoms with van der Waals surface area (Å²) in [5, 5.41) is 10.4. The molecule has 20 heavy (non-hydrogen) atoms. The first-order valence-electron chi connectivity index (χ1n) is 6.62. The van der Waals surface area contributed by atoms with Gasteiger partial charge in [0.25, 0.3) is 5.91 Å². The lowest BCUT2D eigenvalue weighted by molar-refractivity contribution is -0.118. The molecular weight excluding hydrogens is 272 g/mol. The predicted molar refractivity (Wildman–Crippen MR) is 79.0 cm³/mol. The topological polar surface area (TPSA) is 62.0 Å². The molecular formula is C15H12N2O2S. The first-order valence-corrected chi connectivity index (χ1v) is 7.44. The van der Waals surface area contributed by atoms with Crippen LogP contribution in [-0.4, -0.2) is 21.9 Å². The highest BCUT2D eigenvalue weighted by molar-refractivity contribution is 8.17. The number of hydrogen-bond acceptors (Lipinski definition) is 4. The summed E-state index contributed by atoms with van der Waals surface area (Å²) in [5.74, 6) is 0.219. The van der Waals surface area contributed by atoms with Crippen molar-refractivity contribution >= 4 is 28.5 Å². The average molecular weight is 284 g/mol. The van der Waals surface area contributed by atoms with Crippen LogP contribution in [-0.2, 0) is 4.79 Å². The summed E-state index contributed by atoms with van der Waals surface area (Å²) in [5.41, 5.74) is 1.91. The fourth-order valence-electron chi connectivity index (χ4n) is 2.91. The van der Waals surface area contributed by atoms with Gasteiger partial charge in [-0.25, -0.2) is 4.99 Å². The molecule has 0 saturated heterocycles. The van der Waals surface area contributed by atoms with E-state index in [1.807, 2.05) is 0 Å². The number of aromatic hydroxyl groups is 1. The third-order valence-corrected chi connectivity index (χ3v) is 5.06. The number of aliphatic imine (C=N–C) groups is 2. The molecule has 100 valence electrons. The number of allylic oxidation sites excluding steroid dienone is 1. The standard InChI is InChI=1S/C15H12N2O2S/c18-9-4-1-3-8(7-9)13-16-14(19)12-10-5-2-6-11(10)20-15(12)17-13/h1,3-4,7,12,18H,2,5-6H2. The van der Waals surface area contributed by atoms with Crippen LogP contribution in [0.25, 0.3) is 0 Å². The van der Waals surface area contributed by atoms with Crippen LogP contribution in [0.3, 0.4) is 0 Å². The quantitative estimate of drug-likeness (QED) is 0.862. The minimum absolute atomic E-state index is 0.118. The van der Waals surface area contributed by atoms with Crippen LogP contribution >= 0.6 is 11.8 Å². The number of thioether (sulfide) groups is 1. The van der Waals surface area contributed by atoms with Crippen molar-refractivity contribution in [3.63, 3.8) is 0 Å². The molecule has 0 fully saturated rings. The molecule has 1 aromatic rings. The van der Waals surface area contributed by atoms with Gasteiger partial charge < -0.3 is 5.11 Å². The minimum Gasteiger partial charge on any atom is -0.508 e. The molecule has 1 aromatic carbocycles. The maximum Gasteiger partial charge on any atom is 0.261 e. The van der Waals surface area contributed by atoms with Crippen molar-refractivity contribution in [2.24, 2.45) is 15.9 Å². The highest BCUT2D eigenvalue weighted by Crippen LogP contribution is 2.48. The van der Waals surface area contributed by atoms with Gasteiger partial charge in [0, 0.05) is 5.56 Å². The second-order valence-corrected chi connectivity index (χ2v) is 6.23. The highest BCUT2D eigenvalue weighted by Gasteiger charge is 2.41. The zero-order valence-corrected chi connectivity index (χ0v) is 11.5. The number of carbonyl (C=O) groups is 1. The maximum absolute atomic E-state index is 12.3. The summed E-state index contributed by atoms with van der Waals surface area (Å²) < 4.78 is 0. The van der Waals surface area contributed by atoms with Crippen LogP contribution in [0.1, 0.15) is 24.8 Å². The Morgan fingerprint density at radius 3 is 3.00 bits per heavy atom. The summed E-state index contributed by atoms with van der Waals surface area (Å²) in [4.78, 5) is 22.3. The molecule has 1 aliphatic carbocycles. The molecule has 0 bridgehead atoms. The van der Waals surface area contributed by atoms with E-state index in [1.54, 1.807) is 36.0 Å². The fourth-order valence-corrected chi connectivity index (χ4v) is 4.25. The molecule has 2 heterocycles. The Balaban J connectivity index is 1.73. The first kappa shape index (κ1) is 11.9. The van der Waals surface area contributed by atoms with Gasteiger partial charge in [0.05, 0.1) is 5.04 Å². The van der Waals surface area contributed by atoms with E-state index in [2.05, 4.69) is 9.98 Å². The summed E-state index contributed by atoms with van der Waals surface area (Å²) >= 11 is 1.64. The van der Waals surface area contributed by atoms with Crippen LogP contribution in [0.5, 0.6) is 5.75 Å². The van der Waals surface area contributed by atoms with Crippen molar-refractivity contribution < 1.29 is 9.90 Å². The molecule has 0 saturated carbocycles. The van der Waals surface area contributed by atoms with Gasteiger partial charge in [-0.2, -0.15) is 4.99 Å². The molecule has 4 nitrogen and oxygen atoms in total. The lowest BCUT2D eigenvalue weighted by Crippen LogP contribution is -2.25. The monoisotopic (exact) mass is 284 g/mol. The van der Waals surface area contributed by atoms with Crippen molar-refractivity contribution in [1.29, 1.82) is 0 Å². The lowest BCUT2D eigenvalue weighted by Gasteiger charge is -2.16. The van der Waals surface area contributed by atoms with E-state index in [4.69, 9.17) is 0 Å². The summed E-state index contributed by atoms with van der Waals surface area (Å²) in [7, 11) is 0. The molecule has 0 radical (unpaired) electrons. The van der Waals surface area contributed by atoms with Crippen LogP contribution in [0.15, 0.2) is 44.7 Å². The smallest absolute Gasteiger partial charge is 0.261 e. The van der Waals surface area contributed by atoms with Crippen LogP contribution in [0.2, 0.25) is 0 Å². The molecule has 1 amide bonds. The van der Waals surface area contributed by atoms with Crippen molar-refractivity contribution in [3.05, 3.63) is 40.3 Å². The van der Waals surface area contributed by atoms with E-state index in [9.17, 15) is 9.90 Å². The number of amides is 1. The third-order valence-electron chi connectivity index (χ3n) is 3.81. The molecule has 2 aliphatic heterocycles. The van der Waals surface area contributed by atoms with E-state index in [0.717, 1.165) is 24.3 Å². The Hall–Kier alpha value is -1.88. The van der Waals surface area contributed by atoms with E-state index >= 15 is 0 Å². The Morgan fingerprint density at radius 1 is 1.25 bits per heavy atom. The van der Waals surface area contributed by atoms with Crippen molar-refractivity contribution in [1.82, 2.24) is 0 Å². The number of rotatable bonds is 1. The molecule has 0 spiro atoms. The van der Waals surface area contributed by atoms with E-state index < -0.39 is 0 Å². The second-order valence-electron chi connectivity index (χ2n) is 5.11. The summed E-state index contributed by atoms with van der Waals surface area (Å²) in [6, 6.07) is 6.70. The van der Waals surface area contributed by atoms with Gasteiger partial charge in [-0.15, -0.1) is 0 Å². The largest absolute Gasteiger partial charge is 0.508 e. The number of phenols is 1. The number of fused-ring (bicyclic) bond motifs is 2. The van der Waals surface area contributed by atoms with Gasteiger partial charge in [-0.1, -0.05) is 23.9 Å². The van der Waals surface area contributed by atoms with Gasteiger partial charge in [0.2, 0.25) is 0 Å². The van der Waals surface area contributed by atoms with Crippen LogP contribution in [0, 0.1) is 5.92 Å². The highest BCUT2D eigenvalue weighted by atomic mass is 32.2. The molecule has 1 N–H and O–H groups in total. The number of carbonyl (C=O) groups excluding carboxylic acids is 1. The maximum atomic E-state index is 12.3. The Morgan fingerprint density at radius 2 is 2.15 bits per heavy atom. The second kappa shape index (κ2) is 4.31. The predicted octanol–water partition coefficient (Wildman–Crippen LogP) is 2.88. The van der Waals surface area contributed by atoms with Gasteiger partial charge >= 0.3 is 0 Å². The zero-order chi connectivity index (χ0) is 13.7. The number of nitrogens with zero attached hydrogens (tertiary/aromatic N) is 2. The van der Waals surface area contributed by atoms with E-state index in [0.29, 0.717) is 11.4 Å². The average Bonchev–Trinajstić information content (AvgIpc) is 2.98. The normalized spacial score (nSPS) is 24.4. The van der Waals surface area contributed by atoms with Crippen molar-refractivity contribution in [3.8, 4) is 5.75 Å². The molecule has 4 rings (SSSR count). The number of amidine groups is 1. The van der Waals surface area contributed by atoms with Crippen molar-refractivity contribution in [2.45, 2.75) is 19.3 Å². The molecule has 5 heteroatoms. The number of hydrogen-bond donors (Lipinski definition) is 1. The summed E-state index contributed by atoms with van der Waals surface area (Å²) in [6.07, 6.45) is 3.19. The van der Waals surface area contributed by atoms with Crippen LogP contribution < -0.4 is 0 Å². The third kappa shape index (κ3) is 1.73. The molecule has 1 atom stereocenters. The molecule has 0 aromatic heterocycles. The summed E-state index contributed by atoms with van der Waals surface area (Å²) in [6.45, 7) is 0. The Kier molecular flexibility index (Phi) is 2.57. The van der Waals surface area contributed by atoms with Gasteiger partial charge in [-0.05, 0) is 41.9 Å². The fraction of sp³-hybridized carbons (Fsp3) is 0.267. The zero-order valence-electron chi connectivity index (χ0n) is 10.7. The van der Waals surface area contributed by atoms with E-state index in [-0.39, 0.29) is 17.6 Å². The Bertz CT molecular complexity index is 718.